The summed E-state index contributed by atoms with van der Waals surface area (Å²) in [6.45, 7) is 3.70. The molecule has 0 unspecified atom stereocenters. The molecular formula is C14H20BrFO4. The average molecular weight is 351 g/mol. The maximum Gasteiger partial charge on any atom is 0.137 e. The van der Waals surface area contributed by atoms with Gasteiger partial charge in [0.05, 0.1) is 50.7 Å². The van der Waals surface area contributed by atoms with Gasteiger partial charge in [-0.05, 0) is 33.6 Å². The molecule has 6 heteroatoms. The van der Waals surface area contributed by atoms with Crippen molar-refractivity contribution in [3.63, 3.8) is 0 Å². The van der Waals surface area contributed by atoms with Crippen molar-refractivity contribution >= 4 is 15.9 Å². The molecule has 1 rings (SSSR count). The Morgan fingerprint density at radius 2 is 1.55 bits per heavy atom. The largest absolute Gasteiger partial charge is 0.382 e. The van der Waals surface area contributed by atoms with Crippen LogP contribution in [0.25, 0.3) is 0 Å². The fourth-order valence-electron chi connectivity index (χ4n) is 1.40. The molecule has 0 heterocycles. The molecule has 1 aromatic rings. The van der Waals surface area contributed by atoms with Gasteiger partial charge in [0.25, 0.3) is 0 Å². The summed E-state index contributed by atoms with van der Waals surface area (Å²) in [5.74, 6) is -0.273. The summed E-state index contributed by atoms with van der Waals surface area (Å²) in [6, 6.07) is 4.82. The van der Waals surface area contributed by atoms with E-state index < -0.39 is 0 Å². The van der Waals surface area contributed by atoms with E-state index in [1.165, 1.54) is 6.07 Å². The fourth-order valence-corrected chi connectivity index (χ4v) is 1.83. The molecule has 4 nitrogen and oxygen atoms in total. The van der Waals surface area contributed by atoms with Crippen LogP contribution in [-0.4, -0.2) is 46.8 Å². The predicted molar refractivity (Wildman–Crippen MR) is 77.3 cm³/mol. The molecule has 20 heavy (non-hydrogen) atoms. The van der Waals surface area contributed by atoms with Crippen LogP contribution in [0.3, 0.4) is 0 Å². The highest BCUT2D eigenvalue weighted by Gasteiger charge is 2.00. The third-order valence-corrected chi connectivity index (χ3v) is 3.04. The Kier molecular flexibility index (Phi) is 9.78. The number of hydrogen-bond donors (Lipinski definition) is 0. The lowest BCUT2D eigenvalue weighted by Crippen LogP contribution is -2.11. The third kappa shape index (κ3) is 7.91. The van der Waals surface area contributed by atoms with Crippen molar-refractivity contribution in [3.05, 3.63) is 34.1 Å². The highest BCUT2D eigenvalue weighted by Crippen LogP contribution is 2.17. The van der Waals surface area contributed by atoms with Gasteiger partial charge in [-0.2, -0.15) is 0 Å². The summed E-state index contributed by atoms with van der Waals surface area (Å²) in [6.07, 6.45) is 0. The SMILES string of the molecule is COCCOCCOCCOCc1ccc(F)c(Br)c1. The summed E-state index contributed by atoms with van der Waals surface area (Å²) < 4.78 is 34.3. The van der Waals surface area contributed by atoms with E-state index >= 15 is 0 Å². The van der Waals surface area contributed by atoms with E-state index in [-0.39, 0.29) is 5.82 Å². The molecule has 0 aliphatic rings. The molecule has 0 amide bonds. The molecule has 0 N–H and O–H groups in total. The van der Waals surface area contributed by atoms with Crippen molar-refractivity contribution in [2.45, 2.75) is 6.61 Å². The topological polar surface area (TPSA) is 36.9 Å². The minimum absolute atomic E-state index is 0.273. The molecular weight excluding hydrogens is 331 g/mol. The predicted octanol–water partition coefficient (Wildman–Crippen LogP) is 2.78. The highest BCUT2D eigenvalue weighted by molar-refractivity contribution is 9.10. The first kappa shape index (κ1) is 17.5. The molecule has 0 aliphatic heterocycles. The summed E-state index contributed by atoms with van der Waals surface area (Å²) in [5.41, 5.74) is 0.918. The van der Waals surface area contributed by atoms with E-state index in [0.29, 0.717) is 50.7 Å². The molecule has 0 saturated carbocycles. The summed E-state index contributed by atoms with van der Waals surface area (Å²) in [4.78, 5) is 0. The Hall–Kier alpha value is -0.530. The van der Waals surface area contributed by atoms with Gasteiger partial charge in [0.15, 0.2) is 0 Å². The van der Waals surface area contributed by atoms with Crippen LogP contribution in [0.4, 0.5) is 4.39 Å². The second-order valence-corrected chi connectivity index (χ2v) is 4.87. The summed E-state index contributed by atoms with van der Waals surface area (Å²) >= 11 is 3.14. The van der Waals surface area contributed by atoms with Crippen LogP contribution >= 0.6 is 15.9 Å². The second-order valence-electron chi connectivity index (χ2n) is 4.02. The lowest BCUT2D eigenvalue weighted by Gasteiger charge is -2.07. The van der Waals surface area contributed by atoms with Gasteiger partial charge in [0.2, 0.25) is 0 Å². The van der Waals surface area contributed by atoms with E-state index in [9.17, 15) is 4.39 Å². The van der Waals surface area contributed by atoms with Gasteiger partial charge >= 0.3 is 0 Å². The Morgan fingerprint density at radius 1 is 0.950 bits per heavy atom. The maximum atomic E-state index is 13.0. The smallest absolute Gasteiger partial charge is 0.137 e. The zero-order valence-corrected chi connectivity index (χ0v) is 13.2. The maximum absolute atomic E-state index is 13.0. The molecule has 1 aromatic carbocycles. The van der Waals surface area contributed by atoms with Crippen molar-refractivity contribution in [1.82, 2.24) is 0 Å². The van der Waals surface area contributed by atoms with Crippen molar-refractivity contribution in [3.8, 4) is 0 Å². The molecule has 0 bridgehead atoms. The van der Waals surface area contributed by atoms with Crippen LogP contribution in [-0.2, 0) is 25.6 Å². The Bertz CT molecular complexity index is 376. The number of hydrogen-bond acceptors (Lipinski definition) is 4. The lowest BCUT2D eigenvalue weighted by molar-refractivity contribution is 0.000858. The molecule has 0 radical (unpaired) electrons. The Labute approximate surface area is 127 Å². The normalized spacial score (nSPS) is 10.9. The van der Waals surface area contributed by atoms with E-state index in [1.807, 2.05) is 0 Å². The molecule has 0 atom stereocenters. The van der Waals surface area contributed by atoms with Crippen LogP contribution in [0, 0.1) is 5.82 Å². The van der Waals surface area contributed by atoms with E-state index in [0.717, 1.165) is 5.56 Å². The lowest BCUT2D eigenvalue weighted by atomic mass is 10.2. The molecule has 0 aliphatic carbocycles. The average Bonchev–Trinajstić information content (AvgIpc) is 2.45. The number of benzene rings is 1. The number of rotatable bonds is 11. The Balaban J connectivity index is 1.95. The van der Waals surface area contributed by atoms with Gasteiger partial charge < -0.3 is 18.9 Å². The van der Waals surface area contributed by atoms with Gasteiger partial charge in [-0.1, -0.05) is 6.07 Å². The Morgan fingerprint density at radius 3 is 2.15 bits per heavy atom. The van der Waals surface area contributed by atoms with Crippen molar-refractivity contribution < 1.29 is 23.3 Å². The van der Waals surface area contributed by atoms with Crippen LogP contribution in [0.2, 0.25) is 0 Å². The first-order valence-electron chi connectivity index (χ1n) is 6.40. The van der Waals surface area contributed by atoms with E-state index in [1.54, 1.807) is 19.2 Å². The standard InChI is InChI=1S/C14H20BrFO4/c1-17-4-5-18-6-7-19-8-9-20-11-12-2-3-14(16)13(15)10-12/h2-3,10H,4-9,11H2,1H3. The highest BCUT2D eigenvalue weighted by atomic mass is 79.9. The van der Waals surface area contributed by atoms with Crippen molar-refractivity contribution in [2.24, 2.45) is 0 Å². The second kappa shape index (κ2) is 11.2. The van der Waals surface area contributed by atoms with Gasteiger partial charge in [-0.3, -0.25) is 0 Å². The number of methoxy groups -OCH3 is 1. The number of ether oxygens (including phenoxy) is 4. The van der Waals surface area contributed by atoms with Crippen LogP contribution in [0.5, 0.6) is 0 Å². The van der Waals surface area contributed by atoms with E-state index in [4.69, 9.17) is 18.9 Å². The molecule has 0 saturated heterocycles. The zero-order chi connectivity index (χ0) is 14.6. The first-order valence-corrected chi connectivity index (χ1v) is 7.19. The molecule has 0 aromatic heterocycles. The molecule has 0 fully saturated rings. The van der Waals surface area contributed by atoms with Crippen LogP contribution in [0.1, 0.15) is 5.56 Å². The van der Waals surface area contributed by atoms with Crippen LogP contribution < -0.4 is 0 Å². The third-order valence-electron chi connectivity index (χ3n) is 2.43. The van der Waals surface area contributed by atoms with Crippen LogP contribution in [0.15, 0.2) is 22.7 Å². The zero-order valence-electron chi connectivity index (χ0n) is 11.6. The van der Waals surface area contributed by atoms with Gasteiger partial charge in [-0.25, -0.2) is 4.39 Å². The van der Waals surface area contributed by atoms with Gasteiger partial charge in [-0.15, -0.1) is 0 Å². The van der Waals surface area contributed by atoms with Gasteiger partial charge in [0, 0.05) is 7.11 Å². The van der Waals surface area contributed by atoms with Crippen molar-refractivity contribution in [2.75, 3.05) is 46.8 Å². The molecule has 114 valence electrons. The monoisotopic (exact) mass is 350 g/mol. The fraction of sp³-hybridized carbons (Fsp3) is 0.571. The quantitative estimate of drug-likeness (QED) is 0.575. The van der Waals surface area contributed by atoms with Gasteiger partial charge in [0.1, 0.15) is 5.82 Å². The summed E-state index contributed by atoms with van der Waals surface area (Å²) in [5, 5.41) is 0. The minimum Gasteiger partial charge on any atom is -0.382 e. The first-order chi connectivity index (χ1) is 9.74. The minimum atomic E-state index is -0.273. The molecule has 0 spiro atoms. The van der Waals surface area contributed by atoms with Crippen molar-refractivity contribution in [1.29, 1.82) is 0 Å². The van der Waals surface area contributed by atoms with E-state index in [2.05, 4.69) is 15.9 Å². The summed E-state index contributed by atoms with van der Waals surface area (Å²) in [7, 11) is 1.64. The number of halogens is 2.